The van der Waals surface area contributed by atoms with Gasteiger partial charge in [0.2, 0.25) is 0 Å². The fourth-order valence-electron chi connectivity index (χ4n) is 0.386. The van der Waals surface area contributed by atoms with Crippen molar-refractivity contribution < 1.29 is 0 Å². The molecule has 0 fully saturated rings. The molecule has 0 amide bonds. The first-order valence-corrected chi connectivity index (χ1v) is 5.85. The molecule has 0 saturated carbocycles. The monoisotopic (exact) mass is 180 g/mol. The second-order valence-electron chi connectivity index (χ2n) is 2.24. The molecule has 0 bridgehead atoms. The highest BCUT2D eigenvalue weighted by atomic mass is 33.1. The van der Waals surface area contributed by atoms with Crippen molar-refractivity contribution in [3.8, 4) is 0 Å². The van der Waals surface area contributed by atoms with Gasteiger partial charge in [-0.3, -0.25) is 0 Å². The summed E-state index contributed by atoms with van der Waals surface area (Å²) in [6.07, 6.45) is 0. The highest BCUT2D eigenvalue weighted by molar-refractivity contribution is 8.76. The van der Waals surface area contributed by atoms with Crippen LogP contribution < -0.4 is 5.73 Å². The summed E-state index contributed by atoms with van der Waals surface area (Å²) in [6, 6.07) is 0. The van der Waals surface area contributed by atoms with Crippen molar-refractivity contribution in [1.82, 2.24) is 4.90 Å². The summed E-state index contributed by atoms with van der Waals surface area (Å²) in [5.74, 6) is 2.26. The summed E-state index contributed by atoms with van der Waals surface area (Å²) in [7, 11) is 7.94. The zero-order chi connectivity index (χ0) is 7.82. The molecule has 10 heavy (non-hydrogen) atoms. The highest BCUT2D eigenvalue weighted by Crippen LogP contribution is 2.19. The maximum Gasteiger partial charge on any atom is 0.0165 e. The molecule has 0 aromatic heterocycles. The lowest BCUT2D eigenvalue weighted by atomic mass is 10.7. The quantitative estimate of drug-likeness (QED) is 0.485. The molecule has 0 heterocycles. The Labute approximate surface area is 71.3 Å². The second-order valence-corrected chi connectivity index (χ2v) is 4.94. The van der Waals surface area contributed by atoms with Gasteiger partial charge in [-0.2, -0.15) is 0 Å². The van der Waals surface area contributed by atoms with Crippen LogP contribution in [0.1, 0.15) is 0 Å². The fourth-order valence-corrected chi connectivity index (χ4v) is 2.38. The minimum atomic E-state index is 0.791. The maximum atomic E-state index is 5.33. The van der Waals surface area contributed by atoms with E-state index in [-0.39, 0.29) is 0 Å². The summed E-state index contributed by atoms with van der Waals surface area (Å²) in [5.41, 5.74) is 5.33. The minimum absolute atomic E-state index is 0.791. The summed E-state index contributed by atoms with van der Waals surface area (Å²) >= 11 is 0. The van der Waals surface area contributed by atoms with Gasteiger partial charge in [0.05, 0.1) is 0 Å². The standard InChI is InChI=1S/C6H16N2S2/c1-8(2)4-6-10-9-5-3-7/h3-7H2,1-2H3. The Hall–Kier alpha value is 0.620. The van der Waals surface area contributed by atoms with E-state index < -0.39 is 0 Å². The van der Waals surface area contributed by atoms with Crippen molar-refractivity contribution in [1.29, 1.82) is 0 Å². The zero-order valence-corrected chi connectivity index (χ0v) is 8.30. The van der Waals surface area contributed by atoms with Gasteiger partial charge in [0.1, 0.15) is 0 Å². The summed E-state index contributed by atoms with van der Waals surface area (Å²) in [6.45, 7) is 1.95. The smallest absolute Gasteiger partial charge is 0.0165 e. The van der Waals surface area contributed by atoms with Crippen molar-refractivity contribution in [2.24, 2.45) is 5.73 Å². The van der Waals surface area contributed by atoms with Crippen molar-refractivity contribution >= 4 is 21.6 Å². The third-order valence-corrected chi connectivity index (χ3v) is 3.32. The molecule has 0 aliphatic heterocycles. The van der Waals surface area contributed by atoms with E-state index in [4.69, 9.17) is 5.73 Å². The Kier molecular flexibility index (Phi) is 8.20. The zero-order valence-electron chi connectivity index (χ0n) is 6.67. The molecule has 0 aliphatic rings. The molecule has 0 rings (SSSR count). The molecule has 0 spiro atoms. The van der Waals surface area contributed by atoms with E-state index in [1.165, 1.54) is 5.75 Å². The van der Waals surface area contributed by atoms with E-state index >= 15 is 0 Å². The Morgan fingerprint density at radius 1 is 1.20 bits per heavy atom. The molecular formula is C6H16N2S2. The van der Waals surface area contributed by atoms with Gasteiger partial charge in [0.25, 0.3) is 0 Å². The molecule has 2 nitrogen and oxygen atoms in total. The van der Waals surface area contributed by atoms with E-state index in [9.17, 15) is 0 Å². The summed E-state index contributed by atoms with van der Waals surface area (Å²) in [5, 5.41) is 0. The van der Waals surface area contributed by atoms with E-state index in [1.807, 2.05) is 21.6 Å². The molecule has 2 N–H and O–H groups in total. The third-order valence-electron chi connectivity index (χ3n) is 0.906. The van der Waals surface area contributed by atoms with Crippen LogP contribution in [0.15, 0.2) is 0 Å². The van der Waals surface area contributed by atoms with Crippen LogP contribution in [0, 0.1) is 0 Å². The summed E-state index contributed by atoms with van der Waals surface area (Å²) < 4.78 is 0. The predicted molar refractivity (Wildman–Crippen MR) is 52.5 cm³/mol. The van der Waals surface area contributed by atoms with E-state index in [1.54, 1.807) is 0 Å². The van der Waals surface area contributed by atoms with Crippen molar-refractivity contribution in [3.05, 3.63) is 0 Å². The lowest BCUT2D eigenvalue weighted by Gasteiger charge is -2.07. The molecule has 0 aliphatic carbocycles. The molecule has 0 aromatic rings. The predicted octanol–water partition coefficient (Wildman–Crippen LogP) is 0.888. The first kappa shape index (κ1) is 10.6. The number of nitrogens with zero attached hydrogens (tertiary/aromatic N) is 1. The van der Waals surface area contributed by atoms with Crippen LogP contribution in [0.3, 0.4) is 0 Å². The van der Waals surface area contributed by atoms with Gasteiger partial charge in [-0.1, -0.05) is 21.6 Å². The van der Waals surface area contributed by atoms with Gasteiger partial charge in [-0.25, -0.2) is 0 Å². The normalized spacial score (nSPS) is 10.8. The Morgan fingerprint density at radius 2 is 1.80 bits per heavy atom. The minimum Gasteiger partial charge on any atom is -0.330 e. The van der Waals surface area contributed by atoms with Crippen molar-refractivity contribution in [2.45, 2.75) is 0 Å². The summed E-state index contributed by atoms with van der Waals surface area (Å²) in [4.78, 5) is 2.19. The lowest BCUT2D eigenvalue weighted by Crippen LogP contribution is -2.14. The molecule has 0 radical (unpaired) electrons. The topological polar surface area (TPSA) is 29.3 Å². The van der Waals surface area contributed by atoms with Crippen molar-refractivity contribution in [3.63, 3.8) is 0 Å². The van der Waals surface area contributed by atoms with E-state index in [2.05, 4.69) is 19.0 Å². The SMILES string of the molecule is CN(C)CCSSCCN. The van der Waals surface area contributed by atoms with Crippen LogP contribution in [-0.4, -0.2) is 43.6 Å². The van der Waals surface area contributed by atoms with Gasteiger partial charge in [-0.05, 0) is 14.1 Å². The van der Waals surface area contributed by atoms with Crippen LogP contribution in [0.5, 0.6) is 0 Å². The maximum absolute atomic E-state index is 5.33. The number of hydrogen-bond donors (Lipinski definition) is 1. The van der Waals surface area contributed by atoms with Gasteiger partial charge in [-0.15, -0.1) is 0 Å². The van der Waals surface area contributed by atoms with Crippen LogP contribution in [0.25, 0.3) is 0 Å². The van der Waals surface area contributed by atoms with Gasteiger partial charge >= 0.3 is 0 Å². The largest absolute Gasteiger partial charge is 0.330 e. The first-order chi connectivity index (χ1) is 4.77. The van der Waals surface area contributed by atoms with Crippen LogP contribution in [0.2, 0.25) is 0 Å². The molecule has 0 saturated heterocycles. The molecule has 62 valence electrons. The second kappa shape index (κ2) is 7.72. The molecule has 0 aromatic carbocycles. The average molecular weight is 180 g/mol. The third kappa shape index (κ3) is 8.62. The number of nitrogens with two attached hydrogens (primary N) is 1. The molecule has 0 unspecified atom stereocenters. The molecule has 4 heteroatoms. The first-order valence-electron chi connectivity index (χ1n) is 3.36. The Morgan fingerprint density at radius 3 is 2.30 bits per heavy atom. The van der Waals surface area contributed by atoms with Gasteiger partial charge in [0.15, 0.2) is 0 Å². The molecular weight excluding hydrogens is 164 g/mol. The Bertz CT molecular complexity index is 68.8. The van der Waals surface area contributed by atoms with Crippen LogP contribution >= 0.6 is 21.6 Å². The van der Waals surface area contributed by atoms with Gasteiger partial charge < -0.3 is 10.6 Å². The van der Waals surface area contributed by atoms with Crippen LogP contribution in [-0.2, 0) is 0 Å². The molecule has 0 atom stereocenters. The van der Waals surface area contributed by atoms with E-state index in [0.717, 1.165) is 18.8 Å². The van der Waals surface area contributed by atoms with Gasteiger partial charge in [0, 0.05) is 24.6 Å². The Balaban J connectivity index is 2.77. The average Bonchev–Trinajstić information content (AvgIpc) is 1.87. The fraction of sp³-hybridized carbons (Fsp3) is 1.00. The highest BCUT2D eigenvalue weighted by Gasteiger charge is 1.90. The lowest BCUT2D eigenvalue weighted by molar-refractivity contribution is 0.438. The van der Waals surface area contributed by atoms with Crippen molar-refractivity contribution in [2.75, 3.05) is 38.7 Å². The van der Waals surface area contributed by atoms with Crippen LogP contribution in [0.4, 0.5) is 0 Å². The van der Waals surface area contributed by atoms with E-state index in [0.29, 0.717) is 0 Å². The number of hydrogen-bond acceptors (Lipinski definition) is 4. The number of rotatable bonds is 6.